The monoisotopic (exact) mass is 530 g/mol. The summed E-state index contributed by atoms with van der Waals surface area (Å²) in [5.74, 6) is -0.192. The predicted molar refractivity (Wildman–Crippen MR) is 139 cm³/mol. The average Bonchev–Trinajstić information content (AvgIpc) is 3.22. The van der Waals surface area contributed by atoms with Crippen LogP contribution in [-0.2, 0) is 16.9 Å². The third-order valence-electron chi connectivity index (χ3n) is 7.88. The number of ether oxygens (including phenoxy) is 2. The Morgan fingerprint density at radius 3 is 2.76 bits per heavy atom. The van der Waals surface area contributed by atoms with E-state index in [1.165, 1.54) is 23.8 Å². The maximum absolute atomic E-state index is 12.9. The van der Waals surface area contributed by atoms with E-state index in [1.54, 1.807) is 0 Å². The van der Waals surface area contributed by atoms with Gasteiger partial charge in [0.15, 0.2) is 0 Å². The van der Waals surface area contributed by atoms with E-state index < -0.39 is 12.2 Å². The van der Waals surface area contributed by atoms with Gasteiger partial charge in [0.2, 0.25) is 0 Å². The summed E-state index contributed by atoms with van der Waals surface area (Å²) < 4.78 is 12.0. The highest BCUT2D eigenvalue weighted by Gasteiger charge is 2.42. The molecule has 0 bridgehead atoms. The molecule has 0 radical (unpaired) electrons. The Balaban J connectivity index is 1.14. The third kappa shape index (κ3) is 5.89. The summed E-state index contributed by atoms with van der Waals surface area (Å²) in [5.41, 5.74) is 2.35. The fourth-order valence-corrected chi connectivity index (χ4v) is 6.01. The number of likely N-dealkylation sites (tertiary alicyclic amines) is 1. The molecule has 2 aliphatic heterocycles. The summed E-state index contributed by atoms with van der Waals surface area (Å²) in [5, 5.41) is 34.5. The van der Waals surface area contributed by atoms with Crippen LogP contribution in [0.15, 0.2) is 36.4 Å². The number of amides is 1. The minimum absolute atomic E-state index is 0.0186. The summed E-state index contributed by atoms with van der Waals surface area (Å²) in [7, 11) is 0. The van der Waals surface area contributed by atoms with Gasteiger partial charge in [-0.2, -0.15) is 0 Å². The number of nitrogens with one attached hydrogen (secondary N) is 1. The van der Waals surface area contributed by atoms with Gasteiger partial charge in [0.05, 0.1) is 29.9 Å². The molecule has 9 heteroatoms. The van der Waals surface area contributed by atoms with E-state index in [0.717, 1.165) is 55.8 Å². The molecule has 200 valence electrons. The first-order valence-corrected chi connectivity index (χ1v) is 13.5. The molecule has 1 saturated heterocycles. The molecule has 2 fully saturated rings. The van der Waals surface area contributed by atoms with Gasteiger partial charge in [-0.1, -0.05) is 30.5 Å². The molecule has 1 aliphatic carbocycles. The van der Waals surface area contributed by atoms with Crippen LogP contribution in [0.2, 0.25) is 5.02 Å². The molecule has 2 aromatic rings. The molecule has 2 aromatic carbocycles. The lowest BCUT2D eigenvalue weighted by Gasteiger charge is -2.39. The van der Waals surface area contributed by atoms with Gasteiger partial charge in [-0.15, -0.1) is 0 Å². The van der Waals surface area contributed by atoms with E-state index in [9.17, 15) is 20.1 Å². The van der Waals surface area contributed by atoms with Crippen molar-refractivity contribution in [3.8, 4) is 11.5 Å². The van der Waals surface area contributed by atoms with Gasteiger partial charge in [-0.25, -0.2) is 0 Å². The lowest BCUT2D eigenvalue weighted by atomic mass is 9.84. The van der Waals surface area contributed by atoms with Crippen molar-refractivity contribution in [2.75, 3.05) is 26.2 Å². The number of β-amino-alcohol motifs (C(OH)–C–C–N with tert-alkyl or cyclic N) is 1. The van der Waals surface area contributed by atoms with Crippen LogP contribution in [0.4, 0.5) is 0 Å². The zero-order chi connectivity index (χ0) is 26.0. The predicted octanol–water partition coefficient (Wildman–Crippen LogP) is 3.34. The Labute approximate surface area is 222 Å². The first-order valence-electron chi connectivity index (χ1n) is 13.1. The molecule has 37 heavy (non-hydrogen) atoms. The lowest BCUT2D eigenvalue weighted by molar-refractivity contribution is -0.0835. The fourth-order valence-electron chi connectivity index (χ4n) is 5.81. The summed E-state index contributed by atoms with van der Waals surface area (Å²) in [6.07, 6.45) is 3.62. The van der Waals surface area contributed by atoms with E-state index in [0.29, 0.717) is 19.6 Å². The van der Waals surface area contributed by atoms with E-state index in [4.69, 9.17) is 21.1 Å². The van der Waals surface area contributed by atoms with Crippen LogP contribution in [0.3, 0.4) is 0 Å². The van der Waals surface area contributed by atoms with Crippen LogP contribution in [0.1, 0.15) is 60.0 Å². The highest BCUT2D eigenvalue weighted by molar-refractivity contribution is 6.30. The average molecular weight is 531 g/mol. The molecule has 5 rings (SSSR count). The Kier molecular flexibility index (Phi) is 7.93. The van der Waals surface area contributed by atoms with Crippen molar-refractivity contribution in [1.29, 1.82) is 0 Å². The molecule has 3 aliphatic rings. The van der Waals surface area contributed by atoms with Crippen molar-refractivity contribution in [1.82, 2.24) is 10.2 Å². The van der Waals surface area contributed by atoms with Gasteiger partial charge in [-0.3, -0.25) is 4.79 Å². The van der Waals surface area contributed by atoms with E-state index in [-0.39, 0.29) is 41.2 Å². The number of rotatable bonds is 7. The Morgan fingerprint density at radius 2 is 1.97 bits per heavy atom. The maximum Gasteiger partial charge on any atom is 0.255 e. The largest absolute Gasteiger partial charge is 0.508 e. The van der Waals surface area contributed by atoms with Crippen molar-refractivity contribution >= 4 is 17.5 Å². The second-order valence-electron chi connectivity index (χ2n) is 10.5. The molecular weight excluding hydrogens is 496 g/mol. The zero-order valence-corrected chi connectivity index (χ0v) is 21.6. The van der Waals surface area contributed by atoms with Crippen LogP contribution in [-0.4, -0.2) is 70.6 Å². The fraction of sp³-hybridized carbons (Fsp3) is 0.536. The van der Waals surface area contributed by atoms with Crippen molar-refractivity contribution in [3.05, 3.63) is 58.1 Å². The van der Waals surface area contributed by atoms with Crippen molar-refractivity contribution in [2.45, 2.75) is 69.0 Å². The van der Waals surface area contributed by atoms with Gasteiger partial charge < -0.3 is 35.0 Å². The number of fused-ring (bicyclic) bond motifs is 2. The van der Waals surface area contributed by atoms with Crippen LogP contribution in [0.25, 0.3) is 0 Å². The van der Waals surface area contributed by atoms with Gasteiger partial charge in [0.1, 0.15) is 24.2 Å². The Morgan fingerprint density at radius 1 is 1.19 bits per heavy atom. The number of carbonyl (C=O) groups is 1. The number of phenols is 1. The normalized spacial score (nSPS) is 24.0. The first kappa shape index (κ1) is 26.3. The van der Waals surface area contributed by atoms with Crippen LogP contribution in [0.5, 0.6) is 11.5 Å². The summed E-state index contributed by atoms with van der Waals surface area (Å²) in [6, 6.07) is 9.97. The molecular formula is C28H35ClN2O6. The molecule has 8 nitrogen and oxygen atoms in total. The number of hydrogen-bond acceptors (Lipinski definition) is 7. The van der Waals surface area contributed by atoms with Crippen molar-refractivity contribution in [3.63, 3.8) is 0 Å². The minimum Gasteiger partial charge on any atom is -0.508 e. The van der Waals surface area contributed by atoms with Crippen LogP contribution < -0.4 is 10.1 Å². The molecule has 1 saturated carbocycles. The van der Waals surface area contributed by atoms with Crippen molar-refractivity contribution < 1.29 is 29.6 Å². The number of aliphatic hydroxyl groups is 2. The Bertz CT molecular complexity index is 1120. The van der Waals surface area contributed by atoms with Gasteiger partial charge >= 0.3 is 0 Å². The lowest BCUT2D eigenvalue weighted by Crippen LogP contribution is -2.46. The molecule has 2 heterocycles. The number of halogens is 1. The number of nitrogens with zero attached hydrogens (tertiary/aromatic N) is 1. The quantitative estimate of drug-likeness (QED) is 0.434. The molecule has 3 atom stereocenters. The summed E-state index contributed by atoms with van der Waals surface area (Å²) >= 11 is 6.14. The second-order valence-corrected chi connectivity index (χ2v) is 10.9. The number of piperidine rings is 1. The minimum atomic E-state index is -0.775. The van der Waals surface area contributed by atoms with Crippen LogP contribution >= 0.6 is 11.6 Å². The maximum atomic E-state index is 12.9. The number of aromatic hydroxyl groups is 1. The zero-order valence-electron chi connectivity index (χ0n) is 20.9. The molecule has 1 amide bonds. The molecule has 2 unspecified atom stereocenters. The topological polar surface area (TPSA) is 111 Å². The standard InChI is InChI=1S/C28H35ClN2O6/c29-19-5-8-23-18(13-19)16-37-28(23)9-11-31(12-10-28)15-21(33)17-36-26-14-20(32)6-7-22(26)27(35)30-24-3-1-2-4-25(24)34/h5-8,13-14,21,24-25,32-34H,1-4,9-12,15-17H2,(H,30,35)/t21-,24?,25?/m0/s1. The van der Waals surface area contributed by atoms with Crippen molar-refractivity contribution in [2.24, 2.45) is 0 Å². The number of aliphatic hydroxyl groups excluding tert-OH is 2. The van der Waals surface area contributed by atoms with E-state index >= 15 is 0 Å². The second kappa shape index (κ2) is 11.2. The van der Waals surface area contributed by atoms with E-state index in [2.05, 4.69) is 16.3 Å². The van der Waals surface area contributed by atoms with Crippen LogP contribution in [0, 0.1) is 0 Å². The van der Waals surface area contributed by atoms with Gasteiger partial charge in [-0.05, 0) is 61.1 Å². The van der Waals surface area contributed by atoms with Gasteiger partial charge in [0, 0.05) is 30.7 Å². The molecule has 4 N–H and O–H groups in total. The number of hydrogen-bond donors (Lipinski definition) is 4. The number of carbonyl (C=O) groups excluding carboxylic acids is 1. The third-order valence-corrected chi connectivity index (χ3v) is 8.12. The number of benzene rings is 2. The smallest absolute Gasteiger partial charge is 0.255 e. The first-order chi connectivity index (χ1) is 17.8. The molecule has 0 aromatic heterocycles. The number of phenolic OH excluding ortho intramolecular Hbond substituents is 1. The Hall–Kier alpha value is -2.36. The summed E-state index contributed by atoms with van der Waals surface area (Å²) in [4.78, 5) is 15.1. The SMILES string of the molecule is O=C(NC1CCCCC1O)c1ccc(O)cc1OC[C@@H](O)CN1CCC2(CC1)OCc1cc(Cl)ccc12. The van der Waals surface area contributed by atoms with E-state index in [1.807, 2.05) is 12.1 Å². The summed E-state index contributed by atoms with van der Waals surface area (Å²) in [6.45, 7) is 2.55. The highest BCUT2D eigenvalue weighted by Crippen LogP contribution is 2.44. The molecule has 1 spiro atoms. The highest BCUT2D eigenvalue weighted by atomic mass is 35.5. The van der Waals surface area contributed by atoms with Gasteiger partial charge in [0.25, 0.3) is 5.91 Å².